The lowest BCUT2D eigenvalue weighted by Crippen LogP contribution is -2.31. The van der Waals surface area contributed by atoms with Crippen LogP contribution in [0.3, 0.4) is 0 Å². The number of carbonyl (C=O) groups excluding carboxylic acids is 1. The molecule has 7 nitrogen and oxygen atoms in total. The van der Waals surface area contributed by atoms with E-state index in [0.29, 0.717) is 40.6 Å². The van der Waals surface area contributed by atoms with Gasteiger partial charge >= 0.3 is 0 Å². The molecule has 1 aromatic carbocycles. The molecule has 0 fully saturated rings. The normalized spacial score (nSPS) is 15.6. The molecule has 35 heavy (non-hydrogen) atoms. The van der Waals surface area contributed by atoms with E-state index in [9.17, 15) is 9.59 Å². The van der Waals surface area contributed by atoms with Gasteiger partial charge in [-0.05, 0) is 64.4 Å². The van der Waals surface area contributed by atoms with Crippen molar-refractivity contribution in [1.82, 2.24) is 14.5 Å². The van der Waals surface area contributed by atoms with Crippen LogP contribution in [-0.2, 0) is 11.3 Å². The molecule has 0 saturated carbocycles. The third kappa shape index (κ3) is 5.74. The second-order valence-corrected chi connectivity index (χ2v) is 9.89. The van der Waals surface area contributed by atoms with Gasteiger partial charge in [0, 0.05) is 24.9 Å². The quantitative estimate of drug-likeness (QED) is 0.252. The first-order chi connectivity index (χ1) is 17.0. The Labute approximate surface area is 211 Å². The van der Waals surface area contributed by atoms with E-state index in [1.807, 2.05) is 11.8 Å². The van der Waals surface area contributed by atoms with E-state index in [1.165, 1.54) is 30.2 Å². The number of thioether (sulfide) groups is 1. The van der Waals surface area contributed by atoms with Crippen LogP contribution in [0.2, 0.25) is 0 Å². The summed E-state index contributed by atoms with van der Waals surface area (Å²) in [5.41, 5.74) is 2.94. The third-order valence-corrected chi connectivity index (χ3v) is 7.73. The highest BCUT2D eigenvalue weighted by molar-refractivity contribution is 7.99. The number of allylic oxidation sites excluding steroid dienone is 4. The second-order valence-electron chi connectivity index (χ2n) is 8.95. The standard InChI is InChI=1S/C27H35N3O4S/c1-4-29(20-12-8-9-13-20)25(31)18-35-27-28-22-17-24(34-3)23(33-2)16-21(22)26(32)30(27)15-14-19-10-6-5-7-11-19/h10,12,16-17H,4-9,11,13-15,18H2,1-3H3. The van der Waals surface area contributed by atoms with Crippen molar-refractivity contribution in [3.05, 3.63) is 45.9 Å². The molecule has 188 valence electrons. The summed E-state index contributed by atoms with van der Waals surface area (Å²) in [7, 11) is 3.12. The number of ether oxygens (including phenoxy) is 2. The number of nitrogens with zero attached hydrogens (tertiary/aromatic N) is 3. The lowest BCUT2D eigenvalue weighted by Gasteiger charge is -2.22. The Balaban J connectivity index is 1.66. The number of fused-ring (bicyclic) bond motifs is 1. The maximum absolute atomic E-state index is 13.6. The molecule has 0 spiro atoms. The minimum Gasteiger partial charge on any atom is -0.493 e. The van der Waals surface area contributed by atoms with Gasteiger partial charge in [-0.2, -0.15) is 0 Å². The Morgan fingerprint density at radius 3 is 2.51 bits per heavy atom. The average molecular weight is 498 g/mol. The number of hydrogen-bond acceptors (Lipinski definition) is 6. The van der Waals surface area contributed by atoms with E-state index in [1.54, 1.807) is 30.9 Å². The Kier molecular flexibility index (Phi) is 8.55. The first kappa shape index (κ1) is 25.4. The van der Waals surface area contributed by atoms with Crippen LogP contribution in [0.5, 0.6) is 11.5 Å². The molecule has 2 aliphatic carbocycles. The Morgan fingerprint density at radius 2 is 1.86 bits per heavy atom. The Bertz CT molecular complexity index is 1200. The summed E-state index contributed by atoms with van der Waals surface area (Å²) in [5, 5.41) is 1.05. The smallest absolute Gasteiger partial charge is 0.262 e. The molecule has 4 rings (SSSR count). The molecular weight excluding hydrogens is 462 g/mol. The Hall–Kier alpha value is -2.74. The summed E-state index contributed by atoms with van der Waals surface area (Å²) in [4.78, 5) is 33.4. The van der Waals surface area contributed by atoms with Crippen LogP contribution in [0.4, 0.5) is 0 Å². The number of carbonyl (C=O) groups is 1. The van der Waals surface area contributed by atoms with Gasteiger partial charge in [0.25, 0.3) is 5.56 Å². The van der Waals surface area contributed by atoms with Gasteiger partial charge < -0.3 is 14.4 Å². The summed E-state index contributed by atoms with van der Waals surface area (Å²) in [6, 6.07) is 3.43. The maximum Gasteiger partial charge on any atom is 0.262 e. The van der Waals surface area contributed by atoms with E-state index in [0.717, 1.165) is 44.2 Å². The highest BCUT2D eigenvalue weighted by atomic mass is 32.2. The van der Waals surface area contributed by atoms with Crippen LogP contribution < -0.4 is 15.0 Å². The van der Waals surface area contributed by atoms with Gasteiger partial charge in [-0.3, -0.25) is 14.2 Å². The lowest BCUT2D eigenvalue weighted by molar-refractivity contribution is -0.126. The largest absolute Gasteiger partial charge is 0.493 e. The molecule has 2 aromatic rings. The van der Waals surface area contributed by atoms with Crippen LogP contribution in [-0.4, -0.2) is 46.9 Å². The molecule has 0 atom stereocenters. The van der Waals surface area contributed by atoms with Crippen molar-refractivity contribution in [2.45, 2.75) is 70.0 Å². The van der Waals surface area contributed by atoms with Crippen LogP contribution in [0.25, 0.3) is 10.9 Å². The minimum atomic E-state index is -0.117. The van der Waals surface area contributed by atoms with Gasteiger partial charge in [-0.1, -0.05) is 29.5 Å². The lowest BCUT2D eigenvalue weighted by atomic mass is 9.97. The zero-order chi connectivity index (χ0) is 24.8. The van der Waals surface area contributed by atoms with Crippen LogP contribution in [0, 0.1) is 0 Å². The minimum absolute atomic E-state index is 0.0499. The van der Waals surface area contributed by atoms with Crippen LogP contribution in [0.15, 0.2) is 45.5 Å². The fourth-order valence-corrected chi connectivity index (χ4v) is 5.77. The molecule has 1 aromatic heterocycles. The molecule has 0 bridgehead atoms. The Morgan fingerprint density at radius 1 is 1.09 bits per heavy atom. The number of aromatic nitrogens is 2. The highest BCUT2D eigenvalue weighted by Crippen LogP contribution is 2.32. The number of rotatable bonds is 10. The van der Waals surface area contributed by atoms with Gasteiger partial charge in [0.05, 0.1) is 30.9 Å². The van der Waals surface area contributed by atoms with E-state index in [-0.39, 0.29) is 17.2 Å². The van der Waals surface area contributed by atoms with Gasteiger partial charge in [0.15, 0.2) is 16.7 Å². The number of amides is 1. The topological polar surface area (TPSA) is 73.7 Å². The number of hydrogen-bond donors (Lipinski definition) is 0. The molecular formula is C27H35N3O4S. The summed E-state index contributed by atoms with van der Waals surface area (Å²) < 4.78 is 12.6. The van der Waals surface area contributed by atoms with E-state index >= 15 is 0 Å². The predicted molar refractivity (Wildman–Crippen MR) is 140 cm³/mol. The molecule has 2 aliphatic rings. The van der Waals surface area contributed by atoms with E-state index < -0.39 is 0 Å². The fourth-order valence-electron chi connectivity index (χ4n) is 4.87. The third-order valence-electron chi connectivity index (χ3n) is 6.77. The SMILES string of the molecule is CCN(C(=O)CSc1nc2cc(OC)c(OC)cc2c(=O)n1CCC1=CCCCC1)C1=CCCC1. The first-order valence-corrected chi connectivity index (χ1v) is 13.5. The highest BCUT2D eigenvalue weighted by Gasteiger charge is 2.21. The van der Waals surface area contributed by atoms with Crippen molar-refractivity contribution >= 4 is 28.6 Å². The van der Waals surface area contributed by atoms with Gasteiger partial charge in [0.1, 0.15) is 0 Å². The van der Waals surface area contributed by atoms with Crippen molar-refractivity contribution in [2.24, 2.45) is 0 Å². The van der Waals surface area contributed by atoms with Gasteiger partial charge in [-0.25, -0.2) is 4.98 Å². The zero-order valence-electron chi connectivity index (χ0n) is 21.0. The molecule has 0 saturated heterocycles. The molecule has 1 amide bonds. The number of methoxy groups -OCH3 is 2. The summed E-state index contributed by atoms with van der Waals surface area (Å²) >= 11 is 1.34. The average Bonchev–Trinajstić information content (AvgIpc) is 3.42. The molecule has 0 N–H and O–H groups in total. The van der Waals surface area contributed by atoms with Gasteiger partial charge in [-0.15, -0.1) is 0 Å². The number of benzene rings is 1. The van der Waals surface area contributed by atoms with E-state index in [4.69, 9.17) is 14.5 Å². The van der Waals surface area contributed by atoms with Crippen molar-refractivity contribution < 1.29 is 14.3 Å². The van der Waals surface area contributed by atoms with Gasteiger partial charge in [0.2, 0.25) is 5.91 Å². The van der Waals surface area contributed by atoms with Crippen molar-refractivity contribution in [3.8, 4) is 11.5 Å². The molecule has 0 radical (unpaired) electrons. The predicted octanol–water partition coefficient (Wildman–Crippen LogP) is 5.31. The summed E-state index contributed by atoms with van der Waals surface area (Å²) in [6.07, 6.45) is 13.0. The van der Waals surface area contributed by atoms with Crippen molar-refractivity contribution in [3.63, 3.8) is 0 Å². The summed E-state index contributed by atoms with van der Waals surface area (Å²) in [6.45, 7) is 3.19. The molecule has 0 aliphatic heterocycles. The van der Waals surface area contributed by atoms with Crippen LogP contribution >= 0.6 is 11.8 Å². The maximum atomic E-state index is 13.6. The summed E-state index contributed by atoms with van der Waals surface area (Å²) in [5.74, 6) is 1.31. The molecule has 0 unspecified atom stereocenters. The first-order valence-electron chi connectivity index (χ1n) is 12.5. The van der Waals surface area contributed by atoms with Crippen molar-refractivity contribution in [1.29, 1.82) is 0 Å². The van der Waals surface area contributed by atoms with Crippen LogP contribution in [0.1, 0.15) is 58.3 Å². The monoisotopic (exact) mass is 497 g/mol. The van der Waals surface area contributed by atoms with E-state index in [2.05, 4.69) is 12.2 Å². The zero-order valence-corrected chi connectivity index (χ0v) is 21.8. The fraction of sp³-hybridized carbons (Fsp3) is 0.519. The second kappa shape index (κ2) is 11.8. The molecule has 8 heteroatoms. The molecule has 1 heterocycles. The van der Waals surface area contributed by atoms with Crippen molar-refractivity contribution in [2.75, 3.05) is 26.5 Å².